The van der Waals surface area contributed by atoms with E-state index < -0.39 is 17.3 Å². The van der Waals surface area contributed by atoms with Gasteiger partial charge in [-0.3, -0.25) is 18.7 Å². The monoisotopic (exact) mass is 319 g/mol. The van der Waals surface area contributed by atoms with Gasteiger partial charge in [-0.15, -0.1) is 0 Å². The molecule has 1 unspecified atom stereocenters. The summed E-state index contributed by atoms with van der Waals surface area (Å²) >= 11 is 0. The molecule has 0 radical (unpaired) electrons. The van der Waals surface area contributed by atoms with Crippen molar-refractivity contribution in [1.82, 2.24) is 24.0 Å². The molecule has 1 aliphatic rings. The van der Waals surface area contributed by atoms with Gasteiger partial charge in [-0.05, 0) is 19.8 Å². The molecule has 1 aliphatic carbocycles. The van der Waals surface area contributed by atoms with E-state index in [2.05, 4.69) is 10.3 Å². The van der Waals surface area contributed by atoms with Gasteiger partial charge in [0.2, 0.25) is 5.91 Å². The van der Waals surface area contributed by atoms with Crippen LogP contribution in [0.25, 0.3) is 11.2 Å². The molecule has 1 amide bonds. The minimum atomic E-state index is -0.564. The topological polar surface area (TPSA) is 90.9 Å². The number of fused-ring (bicyclic) bond motifs is 1. The van der Waals surface area contributed by atoms with Gasteiger partial charge in [-0.2, -0.15) is 0 Å². The first kappa shape index (κ1) is 15.5. The van der Waals surface area contributed by atoms with Crippen LogP contribution in [-0.2, 0) is 18.9 Å². The molecule has 2 aromatic rings. The third-order valence-electron chi connectivity index (χ3n) is 4.67. The van der Waals surface area contributed by atoms with Crippen LogP contribution in [0, 0.1) is 0 Å². The highest BCUT2D eigenvalue weighted by Gasteiger charge is 2.24. The molecule has 1 atom stereocenters. The Labute approximate surface area is 132 Å². The highest BCUT2D eigenvalue weighted by Crippen LogP contribution is 2.19. The van der Waals surface area contributed by atoms with Crippen molar-refractivity contribution in [2.75, 3.05) is 0 Å². The van der Waals surface area contributed by atoms with Crippen molar-refractivity contribution in [3.8, 4) is 0 Å². The first-order valence-electron chi connectivity index (χ1n) is 7.84. The predicted molar refractivity (Wildman–Crippen MR) is 85.3 cm³/mol. The highest BCUT2D eigenvalue weighted by molar-refractivity contribution is 5.82. The van der Waals surface area contributed by atoms with Crippen LogP contribution < -0.4 is 16.6 Å². The second kappa shape index (κ2) is 5.68. The van der Waals surface area contributed by atoms with Crippen molar-refractivity contribution in [2.24, 2.45) is 14.1 Å². The molecular formula is C15H21N5O3. The molecule has 23 heavy (non-hydrogen) atoms. The number of aryl methyl sites for hydroxylation is 1. The SMILES string of the molecule is CC(C(=O)NC1CCCC1)n1cnc2c1c(=O)n(C)c(=O)n2C. The van der Waals surface area contributed by atoms with Gasteiger partial charge in [0.25, 0.3) is 5.56 Å². The average Bonchev–Trinajstić information content (AvgIpc) is 3.19. The first-order valence-corrected chi connectivity index (χ1v) is 7.84. The summed E-state index contributed by atoms with van der Waals surface area (Å²) in [6.45, 7) is 1.73. The lowest BCUT2D eigenvalue weighted by molar-refractivity contribution is -0.124. The number of imidazole rings is 1. The molecule has 8 nitrogen and oxygen atoms in total. The number of nitrogens with zero attached hydrogens (tertiary/aromatic N) is 4. The zero-order chi connectivity index (χ0) is 16.7. The maximum absolute atomic E-state index is 12.5. The molecule has 0 aromatic carbocycles. The van der Waals surface area contributed by atoms with Crippen molar-refractivity contribution in [1.29, 1.82) is 0 Å². The molecule has 8 heteroatoms. The molecule has 1 fully saturated rings. The van der Waals surface area contributed by atoms with Crippen LogP contribution in [0.5, 0.6) is 0 Å². The Bertz CT molecular complexity index is 870. The molecule has 0 spiro atoms. The van der Waals surface area contributed by atoms with Gasteiger partial charge in [0.1, 0.15) is 6.04 Å². The van der Waals surface area contributed by atoms with Crippen LogP contribution >= 0.6 is 0 Å². The van der Waals surface area contributed by atoms with Crippen LogP contribution in [0.4, 0.5) is 0 Å². The van der Waals surface area contributed by atoms with Crippen LogP contribution in [0.2, 0.25) is 0 Å². The molecular weight excluding hydrogens is 298 g/mol. The first-order chi connectivity index (χ1) is 10.9. The van der Waals surface area contributed by atoms with E-state index in [0.29, 0.717) is 5.65 Å². The number of hydrogen-bond donors (Lipinski definition) is 1. The fraction of sp³-hybridized carbons (Fsp3) is 0.600. The average molecular weight is 319 g/mol. The number of nitrogens with one attached hydrogen (secondary N) is 1. The minimum Gasteiger partial charge on any atom is -0.352 e. The Morgan fingerprint density at radius 1 is 1.26 bits per heavy atom. The summed E-state index contributed by atoms with van der Waals surface area (Å²) in [4.78, 5) is 41.0. The highest BCUT2D eigenvalue weighted by atomic mass is 16.2. The van der Waals surface area contributed by atoms with Crippen molar-refractivity contribution in [3.63, 3.8) is 0 Å². The van der Waals surface area contributed by atoms with Crippen LogP contribution in [-0.4, -0.2) is 30.6 Å². The van der Waals surface area contributed by atoms with Gasteiger partial charge in [-0.1, -0.05) is 12.8 Å². The number of amides is 1. The number of carbonyl (C=O) groups is 1. The third kappa shape index (κ3) is 2.47. The molecule has 0 saturated heterocycles. The zero-order valence-electron chi connectivity index (χ0n) is 13.6. The second-order valence-corrected chi connectivity index (χ2v) is 6.20. The Kier molecular flexibility index (Phi) is 3.83. The second-order valence-electron chi connectivity index (χ2n) is 6.20. The van der Waals surface area contributed by atoms with Crippen LogP contribution in [0.15, 0.2) is 15.9 Å². The summed E-state index contributed by atoms with van der Waals surface area (Å²) < 4.78 is 3.89. The quantitative estimate of drug-likeness (QED) is 0.865. The Hall–Kier alpha value is -2.38. The number of rotatable bonds is 3. The van der Waals surface area contributed by atoms with Crippen molar-refractivity contribution >= 4 is 17.1 Å². The van der Waals surface area contributed by atoms with Gasteiger partial charge < -0.3 is 9.88 Å². The van der Waals surface area contributed by atoms with Crippen molar-refractivity contribution < 1.29 is 4.79 Å². The third-order valence-corrected chi connectivity index (χ3v) is 4.67. The molecule has 1 saturated carbocycles. The van der Waals surface area contributed by atoms with E-state index in [0.717, 1.165) is 30.3 Å². The molecule has 3 rings (SSSR count). The molecule has 124 valence electrons. The summed E-state index contributed by atoms with van der Waals surface area (Å²) in [5.41, 5.74) is -0.320. The van der Waals surface area contributed by atoms with Crippen molar-refractivity contribution in [3.05, 3.63) is 27.2 Å². The maximum atomic E-state index is 12.5. The number of hydrogen-bond acceptors (Lipinski definition) is 4. The fourth-order valence-corrected chi connectivity index (χ4v) is 3.18. The van der Waals surface area contributed by atoms with E-state index >= 15 is 0 Å². The van der Waals surface area contributed by atoms with Crippen molar-refractivity contribution in [2.45, 2.75) is 44.7 Å². The molecule has 1 N–H and O–H groups in total. The summed E-state index contributed by atoms with van der Waals surface area (Å²) in [5.74, 6) is -0.132. The van der Waals surface area contributed by atoms with Gasteiger partial charge in [0.15, 0.2) is 11.2 Å². The van der Waals surface area contributed by atoms with E-state index in [1.165, 1.54) is 17.9 Å². The molecule has 0 bridgehead atoms. The van der Waals surface area contributed by atoms with Crippen LogP contribution in [0.1, 0.15) is 38.6 Å². The van der Waals surface area contributed by atoms with E-state index in [9.17, 15) is 14.4 Å². The van der Waals surface area contributed by atoms with Gasteiger partial charge >= 0.3 is 5.69 Å². The predicted octanol–water partition coefficient (Wildman–Crippen LogP) is 0.0535. The Balaban J connectivity index is 2.01. The Morgan fingerprint density at radius 2 is 1.91 bits per heavy atom. The molecule has 2 aromatic heterocycles. The maximum Gasteiger partial charge on any atom is 0.332 e. The molecule has 2 heterocycles. The summed E-state index contributed by atoms with van der Waals surface area (Å²) in [7, 11) is 2.98. The summed E-state index contributed by atoms with van der Waals surface area (Å²) in [6.07, 6.45) is 5.72. The largest absolute Gasteiger partial charge is 0.352 e. The lowest BCUT2D eigenvalue weighted by Crippen LogP contribution is -2.40. The van der Waals surface area contributed by atoms with E-state index in [1.807, 2.05) is 0 Å². The fourth-order valence-electron chi connectivity index (χ4n) is 3.18. The summed E-state index contributed by atoms with van der Waals surface area (Å²) in [6, 6.07) is -0.349. The van der Waals surface area contributed by atoms with E-state index in [4.69, 9.17) is 0 Å². The number of aromatic nitrogens is 4. The summed E-state index contributed by atoms with van der Waals surface area (Å²) in [5, 5.41) is 3.03. The lowest BCUT2D eigenvalue weighted by Gasteiger charge is -2.18. The number of carbonyl (C=O) groups excluding carboxylic acids is 1. The van der Waals surface area contributed by atoms with Gasteiger partial charge in [-0.25, -0.2) is 9.78 Å². The lowest BCUT2D eigenvalue weighted by atomic mass is 10.2. The standard InChI is InChI=1S/C15H21N5O3/c1-9(13(21)17-10-6-4-5-7-10)20-8-16-12-11(20)14(22)19(3)15(23)18(12)2/h8-10H,4-7H2,1-3H3,(H,17,21). The molecule has 0 aliphatic heterocycles. The smallest absolute Gasteiger partial charge is 0.332 e. The van der Waals surface area contributed by atoms with E-state index in [1.54, 1.807) is 18.5 Å². The van der Waals surface area contributed by atoms with E-state index in [-0.39, 0.29) is 17.5 Å². The normalized spacial score (nSPS) is 16.8. The minimum absolute atomic E-state index is 0.132. The Morgan fingerprint density at radius 3 is 2.57 bits per heavy atom. The van der Waals surface area contributed by atoms with Gasteiger partial charge in [0.05, 0.1) is 6.33 Å². The zero-order valence-corrected chi connectivity index (χ0v) is 13.6. The van der Waals surface area contributed by atoms with Gasteiger partial charge in [0, 0.05) is 20.1 Å². The van der Waals surface area contributed by atoms with Crippen LogP contribution in [0.3, 0.4) is 0 Å².